The van der Waals surface area contributed by atoms with E-state index < -0.39 is 6.04 Å². The van der Waals surface area contributed by atoms with E-state index in [1.54, 1.807) is 0 Å². The molecule has 184 valence electrons. The fourth-order valence-electron chi connectivity index (χ4n) is 4.53. The Hall–Kier alpha value is -3.22. The number of hydrogen-bond donors (Lipinski definition) is 2. The highest BCUT2D eigenvalue weighted by Gasteiger charge is 2.24. The third-order valence-corrected chi connectivity index (χ3v) is 6.64. The number of anilines is 1. The monoisotopic (exact) mass is 472 g/mol. The number of likely N-dealkylation sites (N-methyl/N-ethyl adjacent to an activating group) is 1. The van der Waals surface area contributed by atoms with Crippen molar-refractivity contribution in [2.24, 2.45) is 5.92 Å². The highest BCUT2D eigenvalue weighted by Crippen LogP contribution is 2.17. The second-order valence-electron chi connectivity index (χ2n) is 9.92. The third-order valence-electron chi connectivity index (χ3n) is 6.64. The second kappa shape index (κ2) is 11.5. The van der Waals surface area contributed by atoms with Gasteiger partial charge in [-0.3, -0.25) is 14.5 Å². The van der Waals surface area contributed by atoms with Crippen LogP contribution in [-0.2, 0) is 22.6 Å². The van der Waals surface area contributed by atoms with E-state index in [4.69, 9.17) is 0 Å². The molecule has 35 heavy (non-hydrogen) atoms. The lowest BCUT2D eigenvalue weighted by Gasteiger charge is -2.32. The van der Waals surface area contributed by atoms with Gasteiger partial charge in [-0.2, -0.15) is 0 Å². The number of nitrogens with zero attached hydrogens (tertiary/aromatic N) is 2. The van der Waals surface area contributed by atoms with E-state index in [0.717, 1.165) is 54.7 Å². The molecule has 0 aromatic heterocycles. The summed E-state index contributed by atoms with van der Waals surface area (Å²) in [6.45, 7) is 9.01. The zero-order chi connectivity index (χ0) is 24.8. The first-order valence-corrected chi connectivity index (χ1v) is 12.4. The van der Waals surface area contributed by atoms with Crippen molar-refractivity contribution in [3.8, 4) is 0 Å². The lowest BCUT2D eigenvalue weighted by atomic mass is 10.0. The van der Waals surface area contributed by atoms with Gasteiger partial charge in [-0.25, -0.2) is 0 Å². The van der Waals surface area contributed by atoms with Crippen LogP contribution >= 0.6 is 0 Å². The van der Waals surface area contributed by atoms with Crippen molar-refractivity contribution in [3.63, 3.8) is 0 Å². The predicted octanol–water partition coefficient (Wildman–Crippen LogP) is 3.91. The van der Waals surface area contributed by atoms with Gasteiger partial charge in [0.1, 0.15) is 6.04 Å². The minimum Gasteiger partial charge on any atom is -0.344 e. The first kappa shape index (κ1) is 24.9. The number of nitrogens with one attached hydrogen (secondary N) is 2. The highest BCUT2D eigenvalue weighted by atomic mass is 16.2. The van der Waals surface area contributed by atoms with Gasteiger partial charge in [0.2, 0.25) is 11.8 Å². The van der Waals surface area contributed by atoms with Crippen molar-refractivity contribution in [3.05, 3.63) is 77.9 Å². The zero-order valence-electron chi connectivity index (χ0n) is 21.0. The van der Waals surface area contributed by atoms with Crippen LogP contribution in [0.25, 0.3) is 10.8 Å². The molecule has 2 amide bonds. The number of benzene rings is 3. The summed E-state index contributed by atoms with van der Waals surface area (Å²) in [4.78, 5) is 30.7. The van der Waals surface area contributed by atoms with Crippen LogP contribution in [0, 0.1) is 5.92 Å². The summed E-state index contributed by atoms with van der Waals surface area (Å²) in [5.74, 6) is -0.384. The molecule has 0 saturated carbocycles. The first-order chi connectivity index (χ1) is 16.9. The molecule has 0 spiro atoms. The summed E-state index contributed by atoms with van der Waals surface area (Å²) < 4.78 is 0. The van der Waals surface area contributed by atoms with E-state index in [9.17, 15) is 9.59 Å². The van der Waals surface area contributed by atoms with Gasteiger partial charge in [0.05, 0.1) is 6.42 Å². The first-order valence-electron chi connectivity index (χ1n) is 12.4. The average molecular weight is 473 g/mol. The Bertz CT molecular complexity index is 1170. The molecule has 1 atom stereocenters. The minimum absolute atomic E-state index is 0.0379. The maximum absolute atomic E-state index is 13.1. The Kier molecular flexibility index (Phi) is 8.16. The number of carbonyl (C=O) groups excluding carboxylic acids is 2. The number of piperazine rings is 1. The van der Waals surface area contributed by atoms with E-state index >= 15 is 0 Å². The number of fused-ring (bicyclic) bond motifs is 1. The third kappa shape index (κ3) is 6.90. The molecule has 3 aromatic rings. The molecule has 6 nitrogen and oxygen atoms in total. The number of rotatable bonds is 8. The molecular formula is C29H36N4O2. The topological polar surface area (TPSA) is 64.7 Å². The van der Waals surface area contributed by atoms with Crippen molar-refractivity contribution in [1.29, 1.82) is 0 Å². The summed E-state index contributed by atoms with van der Waals surface area (Å²) in [5, 5.41) is 8.22. The van der Waals surface area contributed by atoms with Gasteiger partial charge in [-0.15, -0.1) is 0 Å². The van der Waals surface area contributed by atoms with Gasteiger partial charge >= 0.3 is 0 Å². The summed E-state index contributed by atoms with van der Waals surface area (Å²) in [6, 6.07) is 21.5. The molecule has 1 heterocycles. The number of amides is 2. The van der Waals surface area contributed by atoms with Crippen molar-refractivity contribution >= 4 is 28.3 Å². The molecular weight excluding hydrogens is 436 g/mol. The molecule has 3 aromatic carbocycles. The van der Waals surface area contributed by atoms with Crippen LogP contribution in [-0.4, -0.2) is 60.9 Å². The smallest absolute Gasteiger partial charge is 0.247 e. The molecule has 0 aliphatic carbocycles. The normalized spacial score (nSPS) is 15.8. The number of hydrogen-bond acceptors (Lipinski definition) is 4. The van der Waals surface area contributed by atoms with Gasteiger partial charge in [-0.05, 0) is 47.0 Å². The van der Waals surface area contributed by atoms with Crippen LogP contribution in [0.15, 0.2) is 66.7 Å². The van der Waals surface area contributed by atoms with Crippen LogP contribution in [0.1, 0.15) is 25.0 Å². The summed E-state index contributed by atoms with van der Waals surface area (Å²) in [5.41, 5.74) is 2.87. The van der Waals surface area contributed by atoms with Crippen molar-refractivity contribution < 1.29 is 9.59 Å². The molecule has 1 saturated heterocycles. The maximum Gasteiger partial charge on any atom is 0.247 e. The predicted molar refractivity (Wildman–Crippen MR) is 142 cm³/mol. The van der Waals surface area contributed by atoms with Crippen LogP contribution in [0.2, 0.25) is 0 Å². The van der Waals surface area contributed by atoms with Gasteiger partial charge in [0, 0.05) is 38.4 Å². The molecule has 1 aliphatic rings. The summed E-state index contributed by atoms with van der Waals surface area (Å²) >= 11 is 0. The fraction of sp³-hybridized carbons (Fsp3) is 0.379. The van der Waals surface area contributed by atoms with Crippen molar-refractivity contribution in [1.82, 2.24) is 15.1 Å². The Balaban J connectivity index is 1.36. The molecule has 6 heteroatoms. The molecule has 1 fully saturated rings. The average Bonchev–Trinajstić information content (AvgIpc) is 2.84. The van der Waals surface area contributed by atoms with Crippen molar-refractivity contribution in [2.75, 3.05) is 38.5 Å². The maximum atomic E-state index is 13.1. The van der Waals surface area contributed by atoms with E-state index in [1.807, 2.05) is 68.4 Å². The highest BCUT2D eigenvalue weighted by molar-refractivity contribution is 5.97. The van der Waals surface area contributed by atoms with E-state index in [-0.39, 0.29) is 24.2 Å². The van der Waals surface area contributed by atoms with Crippen LogP contribution in [0.3, 0.4) is 0 Å². The minimum atomic E-state index is -0.607. The van der Waals surface area contributed by atoms with Gasteiger partial charge in [0.25, 0.3) is 0 Å². The molecule has 1 unspecified atom stereocenters. The standard InChI is InChI=1S/C29H36N4O2/c1-21(2)28(31-27(34)19-22-11-12-24-8-4-5-9-25(24)17-22)29(35)30-26-10-6-7-23(18-26)20-33-15-13-32(3)14-16-33/h4-12,17-18,21,28H,13-16,19-20H2,1-3H3,(H,30,35)(H,31,34). The molecule has 0 radical (unpaired) electrons. The number of carbonyl (C=O) groups is 2. The summed E-state index contributed by atoms with van der Waals surface area (Å²) in [6.07, 6.45) is 0.238. The Morgan fingerprint density at radius 2 is 1.60 bits per heavy atom. The summed E-state index contributed by atoms with van der Waals surface area (Å²) in [7, 11) is 2.15. The molecule has 4 rings (SSSR count). The SMILES string of the molecule is CC(C)C(NC(=O)Cc1ccc2ccccc2c1)C(=O)Nc1cccc(CN2CCN(C)CC2)c1. The fourth-order valence-corrected chi connectivity index (χ4v) is 4.53. The van der Waals surface area contributed by atoms with Gasteiger partial charge in [0.15, 0.2) is 0 Å². The molecule has 0 bridgehead atoms. The van der Waals surface area contributed by atoms with E-state index in [0.29, 0.717) is 0 Å². The lowest BCUT2D eigenvalue weighted by molar-refractivity contribution is -0.127. The lowest BCUT2D eigenvalue weighted by Crippen LogP contribution is -2.47. The zero-order valence-corrected chi connectivity index (χ0v) is 21.0. The van der Waals surface area contributed by atoms with E-state index in [1.165, 1.54) is 5.56 Å². The Labute approximate surface area is 208 Å². The van der Waals surface area contributed by atoms with Crippen molar-refractivity contribution in [2.45, 2.75) is 32.9 Å². The quantitative estimate of drug-likeness (QED) is 0.522. The van der Waals surface area contributed by atoms with Crippen LogP contribution < -0.4 is 10.6 Å². The second-order valence-corrected chi connectivity index (χ2v) is 9.92. The van der Waals surface area contributed by atoms with Crippen LogP contribution in [0.5, 0.6) is 0 Å². The van der Waals surface area contributed by atoms with Crippen LogP contribution in [0.4, 0.5) is 5.69 Å². The van der Waals surface area contributed by atoms with Gasteiger partial charge < -0.3 is 15.5 Å². The Morgan fingerprint density at radius 3 is 2.34 bits per heavy atom. The molecule has 1 aliphatic heterocycles. The van der Waals surface area contributed by atoms with E-state index in [2.05, 4.69) is 39.6 Å². The largest absolute Gasteiger partial charge is 0.344 e. The van der Waals surface area contributed by atoms with Gasteiger partial charge in [-0.1, -0.05) is 68.4 Å². The molecule has 2 N–H and O–H groups in total. The Morgan fingerprint density at radius 1 is 0.857 bits per heavy atom.